The molecule has 2 heterocycles. The number of nitrogens with zero attached hydrogens (tertiary/aromatic N) is 2. The average molecular weight is 335 g/mol. The molecule has 0 aromatic heterocycles. The first-order chi connectivity index (χ1) is 12.2. The van der Waals surface area contributed by atoms with Crippen LogP contribution >= 0.6 is 0 Å². The summed E-state index contributed by atoms with van der Waals surface area (Å²) in [6, 6.07) is 16.4. The van der Waals surface area contributed by atoms with E-state index in [1.165, 1.54) is 31.4 Å². The number of anilines is 2. The Hall–Kier alpha value is -2.49. The van der Waals surface area contributed by atoms with E-state index in [0.29, 0.717) is 0 Å². The van der Waals surface area contributed by atoms with Crippen LogP contribution in [0.4, 0.5) is 11.4 Å². The molecule has 0 spiro atoms. The summed E-state index contributed by atoms with van der Waals surface area (Å²) in [5, 5.41) is 3.49. The molecule has 4 heteroatoms. The van der Waals surface area contributed by atoms with Crippen molar-refractivity contribution in [1.29, 1.82) is 0 Å². The molecular weight excluding hydrogens is 310 g/mol. The van der Waals surface area contributed by atoms with E-state index < -0.39 is 0 Å². The van der Waals surface area contributed by atoms with Gasteiger partial charge in [-0.15, -0.1) is 0 Å². The zero-order chi connectivity index (χ0) is 17.2. The van der Waals surface area contributed by atoms with Crippen LogP contribution < -0.4 is 10.2 Å². The minimum Gasteiger partial charge on any atom is -0.372 e. The molecule has 2 aromatic carbocycles. The van der Waals surface area contributed by atoms with Crippen LogP contribution in [0.1, 0.15) is 47.8 Å². The molecule has 1 fully saturated rings. The number of hydrogen-bond acceptors (Lipinski definition) is 3. The van der Waals surface area contributed by atoms with E-state index in [0.717, 1.165) is 29.9 Å². The van der Waals surface area contributed by atoms with E-state index in [9.17, 15) is 4.79 Å². The lowest BCUT2D eigenvalue weighted by molar-refractivity contribution is 0.0735. The van der Waals surface area contributed by atoms with Gasteiger partial charge in [0.15, 0.2) is 0 Å². The first-order valence-corrected chi connectivity index (χ1v) is 9.22. The molecule has 2 aliphatic rings. The van der Waals surface area contributed by atoms with Gasteiger partial charge in [-0.05, 0) is 42.7 Å². The highest BCUT2D eigenvalue weighted by Crippen LogP contribution is 2.32. The topological polar surface area (TPSA) is 35.6 Å². The molecule has 1 amide bonds. The van der Waals surface area contributed by atoms with Crippen LogP contribution in [0.3, 0.4) is 0 Å². The van der Waals surface area contributed by atoms with Crippen LogP contribution in [0.25, 0.3) is 0 Å². The largest absolute Gasteiger partial charge is 0.372 e. The Bertz CT molecular complexity index is 748. The summed E-state index contributed by atoms with van der Waals surface area (Å²) >= 11 is 0. The van der Waals surface area contributed by atoms with Crippen molar-refractivity contribution in [3.63, 3.8) is 0 Å². The summed E-state index contributed by atoms with van der Waals surface area (Å²) in [4.78, 5) is 16.9. The van der Waals surface area contributed by atoms with Crippen molar-refractivity contribution in [3.8, 4) is 0 Å². The van der Waals surface area contributed by atoms with Crippen LogP contribution in [-0.4, -0.2) is 30.9 Å². The maximum Gasteiger partial charge on any atom is 0.257 e. The summed E-state index contributed by atoms with van der Waals surface area (Å²) in [5.41, 5.74) is 4.05. The molecule has 2 aromatic rings. The Labute approximate surface area is 149 Å². The Kier molecular flexibility index (Phi) is 4.35. The first-order valence-electron chi connectivity index (χ1n) is 9.22. The second-order valence-electron chi connectivity index (χ2n) is 7.00. The van der Waals surface area contributed by atoms with Crippen LogP contribution in [0.5, 0.6) is 0 Å². The van der Waals surface area contributed by atoms with Gasteiger partial charge in [-0.1, -0.05) is 37.1 Å². The first kappa shape index (κ1) is 16.0. The van der Waals surface area contributed by atoms with Gasteiger partial charge in [-0.2, -0.15) is 0 Å². The fourth-order valence-electron chi connectivity index (χ4n) is 3.85. The summed E-state index contributed by atoms with van der Waals surface area (Å²) in [6.45, 7) is 2.29. The lowest BCUT2D eigenvalue weighted by Gasteiger charge is -2.35. The van der Waals surface area contributed by atoms with E-state index in [4.69, 9.17) is 0 Å². The number of hydrogen-bond donors (Lipinski definition) is 1. The highest BCUT2D eigenvalue weighted by atomic mass is 16.2. The van der Waals surface area contributed by atoms with Crippen molar-refractivity contribution in [2.75, 3.05) is 30.4 Å². The number of benzene rings is 2. The summed E-state index contributed by atoms with van der Waals surface area (Å²) in [5.74, 6) is 0.0657. The summed E-state index contributed by atoms with van der Waals surface area (Å²) in [6.07, 6.45) is 5.11. The molecule has 1 saturated heterocycles. The van der Waals surface area contributed by atoms with Gasteiger partial charge in [0.25, 0.3) is 5.91 Å². The van der Waals surface area contributed by atoms with Crippen molar-refractivity contribution in [2.45, 2.75) is 31.8 Å². The predicted octanol–water partition coefficient (Wildman–Crippen LogP) is 4.26. The molecule has 0 saturated carbocycles. The summed E-state index contributed by atoms with van der Waals surface area (Å²) in [7, 11) is 1.86. The third kappa shape index (κ3) is 3.09. The van der Waals surface area contributed by atoms with Gasteiger partial charge in [-0.3, -0.25) is 4.79 Å². The van der Waals surface area contributed by atoms with Crippen LogP contribution in [0.2, 0.25) is 0 Å². The molecule has 0 unspecified atom stereocenters. The Morgan fingerprint density at radius 2 is 1.60 bits per heavy atom. The van der Waals surface area contributed by atoms with Crippen LogP contribution in [-0.2, 0) is 0 Å². The van der Waals surface area contributed by atoms with Crippen molar-refractivity contribution >= 4 is 17.3 Å². The monoisotopic (exact) mass is 335 g/mol. The lowest BCUT2D eigenvalue weighted by Crippen LogP contribution is -2.40. The molecule has 4 rings (SSSR count). The van der Waals surface area contributed by atoms with E-state index in [1.807, 2.05) is 31.3 Å². The third-order valence-electron chi connectivity index (χ3n) is 5.34. The molecular formula is C21H25N3O. The van der Waals surface area contributed by atoms with Crippen molar-refractivity contribution < 1.29 is 4.79 Å². The Balaban J connectivity index is 1.57. The fourth-order valence-corrected chi connectivity index (χ4v) is 3.85. The van der Waals surface area contributed by atoms with Gasteiger partial charge in [0.2, 0.25) is 0 Å². The van der Waals surface area contributed by atoms with Gasteiger partial charge in [0, 0.05) is 31.5 Å². The van der Waals surface area contributed by atoms with Gasteiger partial charge < -0.3 is 15.1 Å². The second-order valence-corrected chi connectivity index (χ2v) is 7.00. The zero-order valence-corrected chi connectivity index (χ0v) is 14.7. The third-order valence-corrected chi connectivity index (χ3v) is 5.34. The summed E-state index contributed by atoms with van der Waals surface area (Å²) < 4.78 is 0. The fraction of sp³-hybridized carbons (Fsp3) is 0.381. The number of rotatable bonds is 2. The predicted molar refractivity (Wildman–Crippen MR) is 102 cm³/mol. The van der Waals surface area contributed by atoms with E-state index in [-0.39, 0.29) is 12.1 Å². The molecule has 0 aliphatic carbocycles. The van der Waals surface area contributed by atoms with Crippen LogP contribution in [0.15, 0.2) is 48.5 Å². The number of nitrogens with one attached hydrogen (secondary N) is 1. The molecule has 2 aliphatic heterocycles. The van der Waals surface area contributed by atoms with Crippen molar-refractivity contribution in [1.82, 2.24) is 4.90 Å². The number of amides is 1. The number of carbonyl (C=O) groups is 1. The molecule has 1 atom stereocenters. The smallest absolute Gasteiger partial charge is 0.257 e. The number of fused-ring (bicyclic) bond motifs is 1. The average Bonchev–Trinajstić information content (AvgIpc) is 2.94. The van der Waals surface area contributed by atoms with Crippen molar-refractivity contribution in [2.24, 2.45) is 0 Å². The molecule has 0 bridgehead atoms. The Morgan fingerprint density at radius 1 is 0.920 bits per heavy atom. The maximum absolute atomic E-state index is 12.6. The number of para-hydroxylation sites is 1. The second kappa shape index (κ2) is 6.79. The minimum absolute atomic E-state index is 0.0657. The highest BCUT2D eigenvalue weighted by Gasteiger charge is 2.29. The quantitative estimate of drug-likeness (QED) is 0.890. The molecule has 25 heavy (non-hydrogen) atoms. The van der Waals surface area contributed by atoms with E-state index in [2.05, 4.69) is 34.5 Å². The van der Waals surface area contributed by atoms with E-state index in [1.54, 1.807) is 4.90 Å². The normalized spacial score (nSPS) is 20.7. The van der Waals surface area contributed by atoms with Gasteiger partial charge in [0.05, 0.1) is 5.56 Å². The molecule has 0 radical (unpaired) electrons. The molecule has 1 N–H and O–H groups in total. The maximum atomic E-state index is 12.6. The van der Waals surface area contributed by atoms with Gasteiger partial charge >= 0.3 is 0 Å². The SMILES string of the molecule is CN1C(=O)c2ccccc2N[C@@H]1c1ccc(N2CCCCCC2)cc1. The van der Waals surface area contributed by atoms with Gasteiger partial charge in [-0.25, -0.2) is 0 Å². The molecule has 4 nitrogen and oxygen atoms in total. The standard InChI is InChI=1S/C21H25N3O/c1-23-20(22-19-9-5-4-8-18(19)21(23)25)16-10-12-17(13-11-16)24-14-6-2-3-7-15-24/h4-5,8-13,20,22H,2-3,6-7,14-15H2,1H3/t20-/m0/s1. The van der Waals surface area contributed by atoms with Crippen molar-refractivity contribution in [3.05, 3.63) is 59.7 Å². The minimum atomic E-state index is -0.124. The van der Waals surface area contributed by atoms with Gasteiger partial charge in [0.1, 0.15) is 6.17 Å². The zero-order valence-electron chi connectivity index (χ0n) is 14.7. The Morgan fingerprint density at radius 3 is 2.32 bits per heavy atom. The lowest BCUT2D eigenvalue weighted by atomic mass is 10.0. The molecule has 130 valence electrons. The highest BCUT2D eigenvalue weighted by molar-refractivity contribution is 6.01. The van der Waals surface area contributed by atoms with Crippen LogP contribution in [0, 0.1) is 0 Å². The van der Waals surface area contributed by atoms with E-state index >= 15 is 0 Å². The number of carbonyl (C=O) groups excluding carboxylic acids is 1.